The highest BCUT2D eigenvalue weighted by Gasteiger charge is 2.21. The van der Waals surface area contributed by atoms with E-state index in [1.54, 1.807) is 36.7 Å². The Hall–Kier alpha value is -6.14. The van der Waals surface area contributed by atoms with Crippen LogP contribution < -0.4 is 11.1 Å². The van der Waals surface area contributed by atoms with Gasteiger partial charge in [-0.2, -0.15) is 14.0 Å². The minimum Gasteiger partial charge on any atom is -0.418 e. The molecule has 242 valence electrons. The minimum absolute atomic E-state index is 0.104. The predicted molar refractivity (Wildman–Crippen MR) is 176 cm³/mol. The van der Waals surface area contributed by atoms with Crippen LogP contribution in [0, 0.1) is 22.1 Å². The summed E-state index contributed by atoms with van der Waals surface area (Å²) in [7, 11) is 0. The maximum Gasteiger partial charge on any atom is 0.388 e. The smallest absolute Gasteiger partial charge is 0.388 e. The van der Waals surface area contributed by atoms with Crippen molar-refractivity contribution in [1.82, 2.24) is 34.4 Å². The molecule has 1 saturated heterocycles. The second kappa shape index (κ2) is 14.1. The van der Waals surface area contributed by atoms with Gasteiger partial charge in [-0.15, -0.1) is 0 Å². The molecule has 0 amide bonds. The molecule has 0 radical (unpaired) electrons. The molecular formula is C33H30F2N12O. The van der Waals surface area contributed by atoms with Crippen LogP contribution in [-0.2, 0) is 11.3 Å². The number of rotatable bonds is 10. The van der Waals surface area contributed by atoms with Gasteiger partial charge in [0, 0.05) is 49.8 Å². The van der Waals surface area contributed by atoms with Crippen molar-refractivity contribution in [3.8, 4) is 23.1 Å². The zero-order valence-electron chi connectivity index (χ0n) is 25.5. The summed E-state index contributed by atoms with van der Waals surface area (Å²) in [6, 6.07) is 18.9. The molecule has 1 aliphatic heterocycles. The Balaban J connectivity index is 1.22. The summed E-state index contributed by atoms with van der Waals surface area (Å²) < 4.78 is 30.7. The second-order valence-corrected chi connectivity index (χ2v) is 11.0. The van der Waals surface area contributed by atoms with Crippen molar-refractivity contribution in [1.29, 1.82) is 16.1 Å². The molecule has 6 rings (SSSR count). The molecular weight excluding hydrogens is 618 g/mol. The van der Waals surface area contributed by atoms with E-state index in [-0.39, 0.29) is 23.3 Å². The Morgan fingerprint density at radius 1 is 1.02 bits per heavy atom. The number of nitrogens with zero attached hydrogens (tertiary/aromatic N) is 8. The maximum absolute atomic E-state index is 12.4. The number of nitrogen functional groups attached to an aromatic ring is 1. The van der Waals surface area contributed by atoms with Gasteiger partial charge in [-0.3, -0.25) is 20.3 Å². The van der Waals surface area contributed by atoms with Crippen molar-refractivity contribution in [2.75, 3.05) is 24.1 Å². The first kappa shape index (κ1) is 31.8. The zero-order chi connectivity index (χ0) is 33.6. The Kier molecular flexibility index (Phi) is 9.35. The summed E-state index contributed by atoms with van der Waals surface area (Å²) >= 11 is 0. The highest BCUT2D eigenvalue weighted by molar-refractivity contribution is 6.08. The molecule has 13 nitrogen and oxygen atoms in total. The number of piperidine rings is 1. The highest BCUT2D eigenvalue weighted by atomic mass is 19.3. The van der Waals surface area contributed by atoms with Gasteiger partial charge in [0.1, 0.15) is 23.2 Å². The summed E-state index contributed by atoms with van der Waals surface area (Å²) in [6.45, 7) is -0.571. The van der Waals surface area contributed by atoms with Crippen molar-refractivity contribution in [2.45, 2.75) is 32.0 Å². The predicted octanol–water partition coefficient (Wildman–Crippen LogP) is 4.94. The van der Waals surface area contributed by atoms with Gasteiger partial charge < -0.3 is 15.8 Å². The molecule has 15 heteroatoms. The number of aromatic nitrogens is 6. The van der Waals surface area contributed by atoms with Crippen molar-refractivity contribution >= 4 is 34.4 Å². The third-order valence-electron chi connectivity index (χ3n) is 7.77. The SMILES string of the molecule is N#Cc1nccc(NC2CCN(Cc3ccc(-n4c(-c5cccnc5N)nc5ccc(C(=N)/C=C\C(=N)OC(F)F)nc54)cc3)CC2)n1. The number of pyridine rings is 2. The maximum atomic E-state index is 12.4. The Morgan fingerprint density at radius 2 is 1.81 bits per heavy atom. The molecule has 0 bridgehead atoms. The van der Waals surface area contributed by atoms with Crippen LogP contribution in [0.1, 0.15) is 29.9 Å². The number of anilines is 2. The number of nitriles is 1. The normalized spacial score (nSPS) is 14.0. The molecule has 0 aliphatic carbocycles. The van der Waals surface area contributed by atoms with E-state index in [4.69, 9.17) is 31.8 Å². The molecule has 4 aromatic heterocycles. The van der Waals surface area contributed by atoms with E-state index in [9.17, 15) is 8.78 Å². The summed E-state index contributed by atoms with van der Waals surface area (Å²) in [5, 5.41) is 28.4. The topological polar surface area (TPSA) is 191 Å². The third-order valence-corrected chi connectivity index (χ3v) is 7.77. The Morgan fingerprint density at radius 3 is 2.54 bits per heavy atom. The van der Waals surface area contributed by atoms with Crippen molar-refractivity contribution in [3.63, 3.8) is 0 Å². The molecule has 5 aromatic rings. The number of alkyl halides is 2. The second-order valence-electron chi connectivity index (χ2n) is 11.0. The first-order chi connectivity index (χ1) is 23.3. The van der Waals surface area contributed by atoms with E-state index in [1.165, 1.54) is 6.08 Å². The van der Waals surface area contributed by atoms with Gasteiger partial charge in [0.2, 0.25) is 11.7 Å². The van der Waals surface area contributed by atoms with E-state index in [0.717, 1.165) is 49.8 Å². The average molecular weight is 649 g/mol. The molecule has 0 saturated carbocycles. The highest BCUT2D eigenvalue weighted by Crippen LogP contribution is 2.31. The first-order valence-electron chi connectivity index (χ1n) is 15.0. The van der Waals surface area contributed by atoms with E-state index in [1.807, 2.05) is 28.8 Å². The minimum atomic E-state index is -3.13. The standard InChI is InChI=1S/C33H30F2N12O/c34-33(35)48-27(38)10-7-24(37)25-8-9-26-32(43-25)47(31(44-26)23-2-1-14-41-30(23)39)22-5-3-20(4-6-22)19-46-16-12-21(13-17-46)42-28-11-15-40-29(18-36)45-28/h1-11,14-15,21,33,37-38H,12-13,16-17,19H2,(H2,39,41)(H,40,42,45)/b10-7-,37-24?,38-27?. The van der Waals surface area contributed by atoms with Gasteiger partial charge in [-0.25, -0.2) is 24.9 Å². The van der Waals surface area contributed by atoms with E-state index < -0.39 is 12.5 Å². The van der Waals surface area contributed by atoms with Crippen LogP contribution in [0.15, 0.2) is 79.1 Å². The number of likely N-dealkylation sites (tertiary alicyclic amines) is 1. The largest absolute Gasteiger partial charge is 0.418 e. The number of nitrogens with two attached hydrogens (primary N) is 1. The monoisotopic (exact) mass is 648 g/mol. The van der Waals surface area contributed by atoms with Gasteiger partial charge >= 0.3 is 6.61 Å². The molecule has 5 heterocycles. The Bertz CT molecular complexity index is 2030. The van der Waals surface area contributed by atoms with E-state index in [2.05, 4.69) is 42.0 Å². The lowest BCUT2D eigenvalue weighted by molar-refractivity contribution is -0.0599. The lowest BCUT2D eigenvalue weighted by atomic mass is 10.0. The van der Waals surface area contributed by atoms with Crippen LogP contribution in [0.4, 0.5) is 20.4 Å². The van der Waals surface area contributed by atoms with Gasteiger partial charge in [-0.1, -0.05) is 12.1 Å². The average Bonchev–Trinajstić information content (AvgIpc) is 3.47. The zero-order valence-corrected chi connectivity index (χ0v) is 25.5. The summed E-state index contributed by atoms with van der Waals surface area (Å²) in [5.41, 5.74) is 9.90. The molecule has 48 heavy (non-hydrogen) atoms. The van der Waals surface area contributed by atoms with Crippen LogP contribution in [-0.4, -0.2) is 71.7 Å². The number of fused-ring (bicyclic) bond motifs is 1. The van der Waals surface area contributed by atoms with Crippen LogP contribution >= 0.6 is 0 Å². The molecule has 0 spiro atoms. The summed E-state index contributed by atoms with van der Waals surface area (Å²) in [6.07, 6.45) is 7.18. The summed E-state index contributed by atoms with van der Waals surface area (Å²) in [5.74, 6) is 0.842. The number of nitrogens with one attached hydrogen (secondary N) is 3. The van der Waals surface area contributed by atoms with Crippen molar-refractivity contribution < 1.29 is 13.5 Å². The number of ether oxygens (including phenoxy) is 1. The van der Waals surface area contributed by atoms with Crippen molar-refractivity contribution in [3.05, 3.63) is 96.2 Å². The number of halogens is 2. The lowest BCUT2D eigenvalue weighted by Gasteiger charge is -2.32. The fraction of sp³-hybridized carbons (Fsp3) is 0.212. The third kappa shape index (κ3) is 7.29. The molecule has 0 unspecified atom stereocenters. The van der Waals surface area contributed by atoms with Crippen LogP contribution in [0.3, 0.4) is 0 Å². The number of allylic oxidation sites excluding steroid dienone is 1. The summed E-state index contributed by atoms with van der Waals surface area (Å²) in [4.78, 5) is 24.3. The Labute approximate surface area is 273 Å². The van der Waals surface area contributed by atoms with Gasteiger partial charge in [-0.05, 0) is 66.9 Å². The molecule has 1 fully saturated rings. The van der Waals surface area contributed by atoms with E-state index >= 15 is 0 Å². The molecule has 1 aromatic carbocycles. The molecule has 0 atom stereocenters. The van der Waals surface area contributed by atoms with E-state index in [0.29, 0.717) is 34.2 Å². The first-order valence-corrected chi connectivity index (χ1v) is 15.0. The van der Waals surface area contributed by atoms with Crippen LogP contribution in [0.5, 0.6) is 0 Å². The van der Waals surface area contributed by atoms with Gasteiger partial charge in [0.05, 0.1) is 17.0 Å². The van der Waals surface area contributed by atoms with Crippen molar-refractivity contribution in [2.24, 2.45) is 0 Å². The number of hydrogen-bond donors (Lipinski definition) is 4. The number of hydrogen-bond acceptors (Lipinski definition) is 12. The van der Waals surface area contributed by atoms with Gasteiger partial charge in [0.15, 0.2) is 11.5 Å². The van der Waals surface area contributed by atoms with Crippen LogP contribution in [0.2, 0.25) is 0 Å². The van der Waals surface area contributed by atoms with Crippen LogP contribution in [0.25, 0.3) is 28.2 Å². The fourth-order valence-corrected chi connectivity index (χ4v) is 5.46. The molecule has 1 aliphatic rings. The fourth-order valence-electron chi connectivity index (χ4n) is 5.46. The number of imidazole rings is 1. The lowest BCUT2D eigenvalue weighted by Crippen LogP contribution is -2.38. The quantitative estimate of drug-likeness (QED) is 0.119. The molecule has 5 N–H and O–H groups in total. The van der Waals surface area contributed by atoms with Gasteiger partial charge in [0.25, 0.3) is 0 Å². The number of benzene rings is 1.